The number of phenols is 1. The van der Waals surface area contributed by atoms with Crippen LogP contribution in [-0.2, 0) is 4.79 Å². The predicted octanol–water partition coefficient (Wildman–Crippen LogP) is 3.81. The third kappa shape index (κ3) is 3.09. The molecule has 1 aliphatic rings. The van der Waals surface area contributed by atoms with Gasteiger partial charge in [0.1, 0.15) is 0 Å². The van der Waals surface area contributed by atoms with Crippen molar-refractivity contribution in [3.8, 4) is 11.5 Å². The molecule has 1 heterocycles. The summed E-state index contributed by atoms with van der Waals surface area (Å²) in [6.07, 6.45) is 1.71. The van der Waals surface area contributed by atoms with Crippen molar-refractivity contribution in [1.82, 2.24) is 0 Å². The summed E-state index contributed by atoms with van der Waals surface area (Å²) in [4.78, 5) is 14.6. The Morgan fingerprint density at radius 2 is 1.96 bits per heavy atom. The quantitative estimate of drug-likeness (QED) is 0.678. The van der Waals surface area contributed by atoms with Crippen molar-refractivity contribution >= 4 is 46.0 Å². The number of ether oxygens (including phenoxy) is 1. The number of hydrogen-bond donors (Lipinski definition) is 1. The molecule has 2 aromatic rings. The number of anilines is 1. The number of carbonyl (C=O) groups is 1. The van der Waals surface area contributed by atoms with Crippen LogP contribution < -0.4 is 9.64 Å². The molecule has 116 valence electrons. The molecule has 0 unspecified atom stereocenters. The second-order valence-corrected chi connectivity index (χ2v) is 6.46. The molecule has 2 aromatic carbocycles. The van der Waals surface area contributed by atoms with Crippen molar-refractivity contribution in [2.45, 2.75) is 0 Å². The van der Waals surface area contributed by atoms with Gasteiger partial charge in [-0.05, 0) is 35.9 Å². The molecule has 3 rings (SSSR count). The van der Waals surface area contributed by atoms with E-state index < -0.39 is 0 Å². The minimum atomic E-state index is -0.165. The minimum absolute atomic E-state index is 0.0276. The van der Waals surface area contributed by atoms with Gasteiger partial charge in [0.05, 0.1) is 17.7 Å². The van der Waals surface area contributed by atoms with E-state index in [1.807, 2.05) is 30.3 Å². The molecule has 0 atom stereocenters. The Kier molecular flexibility index (Phi) is 4.36. The molecule has 1 amide bonds. The first-order valence-electron chi connectivity index (χ1n) is 6.80. The lowest BCUT2D eigenvalue weighted by Gasteiger charge is -2.13. The minimum Gasteiger partial charge on any atom is -0.504 e. The summed E-state index contributed by atoms with van der Waals surface area (Å²) in [6.45, 7) is 0. The maximum atomic E-state index is 12.6. The second-order valence-electron chi connectivity index (χ2n) is 4.78. The Morgan fingerprint density at radius 1 is 1.22 bits per heavy atom. The van der Waals surface area contributed by atoms with E-state index in [4.69, 9.17) is 17.0 Å². The number of thiocarbonyl (C=S) groups is 1. The van der Waals surface area contributed by atoms with Gasteiger partial charge in [-0.2, -0.15) is 0 Å². The van der Waals surface area contributed by atoms with Crippen LogP contribution in [0, 0.1) is 0 Å². The smallest absolute Gasteiger partial charge is 0.270 e. The van der Waals surface area contributed by atoms with Gasteiger partial charge in [-0.1, -0.05) is 48.2 Å². The molecule has 1 fully saturated rings. The number of nitrogens with zero attached hydrogens (tertiary/aromatic N) is 1. The highest BCUT2D eigenvalue weighted by Crippen LogP contribution is 2.36. The van der Waals surface area contributed by atoms with Gasteiger partial charge in [-0.3, -0.25) is 9.69 Å². The van der Waals surface area contributed by atoms with Gasteiger partial charge in [-0.25, -0.2) is 0 Å². The number of thioether (sulfide) groups is 1. The first-order chi connectivity index (χ1) is 11.1. The molecule has 4 nitrogen and oxygen atoms in total. The first kappa shape index (κ1) is 15.6. The number of phenolic OH excluding ortho intramolecular Hbond substituents is 1. The Labute approximate surface area is 143 Å². The summed E-state index contributed by atoms with van der Waals surface area (Å²) in [6, 6.07) is 14.3. The van der Waals surface area contributed by atoms with Gasteiger partial charge in [0, 0.05) is 0 Å². The van der Waals surface area contributed by atoms with Gasteiger partial charge < -0.3 is 9.84 Å². The van der Waals surface area contributed by atoms with E-state index in [1.54, 1.807) is 24.3 Å². The van der Waals surface area contributed by atoms with Gasteiger partial charge in [0.2, 0.25) is 0 Å². The molecule has 1 N–H and O–H groups in total. The molecule has 0 spiro atoms. The summed E-state index contributed by atoms with van der Waals surface area (Å²) in [7, 11) is 1.49. The van der Waals surface area contributed by atoms with Crippen LogP contribution in [-0.4, -0.2) is 22.4 Å². The van der Waals surface area contributed by atoms with Gasteiger partial charge in [0.15, 0.2) is 15.8 Å². The highest BCUT2D eigenvalue weighted by molar-refractivity contribution is 8.27. The van der Waals surface area contributed by atoms with Crippen molar-refractivity contribution in [2.24, 2.45) is 0 Å². The zero-order chi connectivity index (χ0) is 16.4. The van der Waals surface area contributed by atoms with Crippen LogP contribution in [0.25, 0.3) is 6.08 Å². The zero-order valence-corrected chi connectivity index (χ0v) is 13.9. The number of amides is 1. The molecule has 1 saturated heterocycles. The fourth-order valence-electron chi connectivity index (χ4n) is 2.22. The highest BCUT2D eigenvalue weighted by atomic mass is 32.2. The summed E-state index contributed by atoms with van der Waals surface area (Å²) >= 11 is 6.56. The number of benzene rings is 2. The van der Waals surface area contributed by atoms with E-state index >= 15 is 0 Å². The molecule has 0 radical (unpaired) electrons. The summed E-state index contributed by atoms with van der Waals surface area (Å²) < 4.78 is 5.50. The maximum Gasteiger partial charge on any atom is 0.270 e. The summed E-state index contributed by atoms with van der Waals surface area (Å²) in [5.74, 6) is 0.250. The molecular formula is C17H13NO3S2. The largest absolute Gasteiger partial charge is 0.504 e. The number of carbonyl (C=O) groups excluding carboxylic acids is 1. The Bertz CT molecular complexity index is 803. The Morgan fingerprint density at radius 3 is 2.61 bits per heavy atom. The summed E-state index contributed by atoms with van der Waals surface area (Å²) in [5.41, 5.74) is 1.45. The van der Waals surface area contributed by atoms with E-state index in [-0.39, 0.29) is 11.7 Å². The van der Waals surface area contributed by atoms with Gasteiger partial charge >= 0.3 is 0 Å². The number of methoxy groups -OCH3 is 1. The third-order valence-corrected chi connectivity index (χ3v) is 4.61. The fourth-order valence-corrected chi connectivity index (χ4v) is 3.51. The van der Waals surface area contributed by atoms with Crippen molar-refractivity contribution < 1.29 is 14.6 Å². The lowest BCUT2D eigenvalue weighted by molar-refractivity contribution is -0.113. The van der Waals surface area contributed by atoms with Crippen molar-refractivity contribution in [3.05, 3.63) is 59.0 Å². The highest BCUT2D eigenvalue weighted by Gasteiger charge is 2.33. The Hall–Kier alpha value is -2.31. The van der Waals surface area contributed by atoms with Crippen LogP contribution in [0.3, 0.4) is 0 Å². The molecule has 0 bridgehead atoms. The average Bonchev–Trinajstić information content (AvgIpc) is 2.82. The van der Waals surface area contributed by atoms with E-state index in [0.717, 1.165) is 5.69 Å². The molecule has 0 saturated carbocycles. The van der Waals surface area contributed by atoms with Crippen molar-refractivity contribution in [2.75, 3.05) is 12.0 Å². The van der Waals surface area contributed by atoms with Crippen LogP contribution in [0.4, 0.5) is 5.69 Å². The number of rotatable bonds is 3. The molecule has 0 aliphatic carbocycles. The third-order valence-electron chi connectivity index (χ3n) is 3.31. The van der Waals surface area contributed by atoms with Crippen molar-refractivity contribution in [3.63, 3.8) is 0 Å². The molecule has 23 heavy (non-hydrogen) atoms. The van der Waals surface area contributed by atoms with E-state index in [2.05, 4.69) is 0 Å². The lowest BCUT2D eigenvalue weighted by atomic mass is 10.2. The van der Waals surface area contributed by atoms with Crippen LogP contribution in [0.5, 0.6) is 11.5 Å². The van der Waals surface area contributed by atoms with Gasteiger partial charge in [0.25, 0.3) is 5.91 Å². The predicted molar refractivity (Wildman–Crippen MR) is 96.8 cm³/mol. The van der Waals surface area contributed by atoms with Crippen LogP contribution in [0.1, 0.15) is 5.56 Å². The topological polar surface area (TPSA) is 49.8 Å². The van der Waals surface area contributed by atoms with Crippen molar-refractivity contribution in [1.29, 1.82) is 0 Å². The van der Waals surface area contributed by atoms with Gasteiger partial charge in [-0.15, -0.1) is 0 Å². The monoisotopic (exact) mass is 343 g/mol. The van der Waals surface area contributed by atoms with Crippen LogP contribution in [0.2, 0.25) is 0 Å². The zero-order valence-electron chi connectivity index (χ0n) is 12.2. The Balaban J connectivity index is 1.91. The molecule has 6 heteroatoms. The second kappa shape index (κ2) is 6.44. The molecular weight excluding hydrogens is 330 g/mol. The first-order valence-corrected chi connectivity index (χ1v) is 8.02. The molecule has 0 aromatic heterocycles. The summed E-state index contributed by atoms with van der Waals surface area (Å²) in [5, 5.41) is 9.83. The molecule has 1 aliphatic heterocycles. The van der Waals surface area contributed by atoms with E-state index in [0.29, 0.717) is 20.5 Å². The lowest BCUT2D eigenvalue weighted by Crippen LogP contribution is -2.27. The van der Waals surface area contributed by atoms with E-state index in [9.17, 15) is 9.90 Å². The van der Waals surface area contributed by atoms with Crippen LogP contribution in [0.15, 0.2) is 53.4 Å². The average molecular weight is 343 g/mol. The van der Waals surface area contributed by atoms with E-state index in [1.165, 1.54) is 23.8 Å². The normalized spacial score (nSPS) is 16.2. The SMILES string of the molecule is COc1ccc(C=C2SC(=S)N(c3ccccc3)C2=O)cc1O. The standard InChI is InChI=1S/C17H13NO3S2/c1-21-14-8-7-11(9-13(14)19)10-15-16(20)18(17(22)23-15)12-5-3-2-4-6-12/h2-10,19H,1H3. The fraction of sp³-hybridized carbons (Fsp3) is 0.0588. The van der Waals surface area contributed by atoms with Crippen LogP contribution >= 0.6 is 24.0 Å². The maximum absolute atomic E-state index is 12.6. The number of para-hydroxylation sites is 1. The number of hydrogen-bond acceptors (Lipinski definition) is 5. The number of aromatic hydroxyl groups is 1.